The SMILES string of the molecule is Fc1ccc2c(-c3cc(F)c(F)c(F)c3)c3c(F)ccc(F)c3c(-c3c(F)c(F)cc(F)c3F)c2c1. The molecule has 10 heteroatoms. The molecular weight excluding hydrogens is 502 g/mol. The van der Waals surface area contributed by atoms with Gasteiger partial charge >= 0.3 is 0 Å². The lowest BCUT2D eigenvalue weighted by molar-refractivity contribution is 0.448. The van der Waals surface area contributed by atoms with Gasteiger partial charge in [0.05, 0.1) is 5.56 Å². The van der Waals surface area contributed by atoms with Crippen molar-refractivity contribution in [3.8, 4) is 22.3 Å². The summed E-state index contributed by atoms with van der Waals surface area (Å²) in [4.78, 5) is 0. The van der Waals surface area contributed by atoms with Crippen molar-refractivity contribution in [2.24, 2.45) is 0 Å². The van der Waals surface area contributed by atoms with E-state index < -0.39 is 96.6 Å². The van der Waals surface area contributed by atoms with Crippen molar-refractivity contribution in [2.75, 3.05) is 0 Å². The molecule has 0 aromatic heterocycles. The van der Waals surface area contributed by atoms with E-state index in [1.807, 2.05) is 0 Å². The van der Waals surface area contributed by atoms with Crippen LogP contribution in [0.25, 0.3) is 43.8 Å². The predicted molar refractivity (Wildman–Crippen MR) is 112 cm³/mol. The van der Waals surface area contributed by atoms with Gasteiger partial charge < -0.3 is 0 Å². The summed E-state index contributed by atoms with van der Waals surface area (Å²) in [5.41, 5.74) is -3.43. The Labute approximate surface area is 195 Å². The molecule has 0 unspecified atom stereocenters. The molecule has 5 aromatic rings. The highest BCUT2D eigenvalue weighted by Crippen LogP contribution is 2.47. The Kier molecular flexibility index (Phi) is 5.42. The Hall–Kier alpha value is -4.08. The van der Waals surface area contributed by atoms with Crippen molar-refractivity contribution in [3.63, 3.8) is 0 Å². The van der Waals surface area contributed by atoms with Crippen LogP contribution in [0.15, 0.2) is 48.5 Å². The molecule has 0 nitrogen and oxygen atoms in total. The minimum atomic E-state index is -1.98. The second kappa shape index (κ2) is 8.25. The first-order valence-corrected chi connectivity index (χ1v) is 10.0. The van der Waals surface area contributed by atoms with E-state index in [0.29, 0.717) is 30.3 Å². The van der Waals surface area contributed by atoms with E-state index in [4.69, 9.17) is 0 Å². The van der Waals surface area contributed by atoms with Crippen molar-refractivity contribution in [3.05, 3.63) is 107 Å². The quantitative estimate of drug-likeness (QED) is 0.0965. The van der Waals surface area contributed by atoms with Gasteiger partial charge in [-0.15, -0.1) is 0 Å². The van der Waals surface area contributed by atoms with E-state index in [1.165, 1.54) is 0 Å². The van der Waals surface area contributed by atoms with E-state index in [-0.39, 0.29) is 11.5 Å². The lowest BCUT2D eigenvalue weighted by Crippen LogP contribution is -2.03. The number of rotatable bonds is 2. The molecule has 0 heterocycles. The average molecular weight is 510 g/mol. The number of hydrogen-bond acceptors (Lipinski definition) is 0. The lowest BCUT2D eigenvalue weighted by Gasteiger charge is -2.19. The number of halogens is 10. The van der Waals surface area contributed by atoms with Crippen LogP contribution in [0.5, 0.6) is 0 Å². The fourth-order valence-electron chi connectivity index (χ4n) is 4.30. The summed E-state index contributed by atoms with van der Waals surface area (Å²) in [6.07, 6.45) is 0. The maximum Gasteiger partial charge on any atom is 0.194 e. The highest BCUT2D eigenvalue weighted by atomic mass is 19.2. The molecule has 0 saturated heterocycles. The molecule has 0 amide bonds. The van der Waals surface area contributed by atoms with Crippen molar-refractivity contribution >= 4 is 21.5 Å². The van der Waals surface area contributed by atoms with Crippen molar-refractivity contribution in [1.29, 1.82) is 0 Å². The summed E-state index contributed by atoms with van der Waals surface area (Å²) >= 11 is 0. The summed E-state index contributed by atoms with van der Waals surface area (Å²) in [5, 5.41) is -2.68. The second-order valence-corrected chi connectivity index (χ2v) is 7.82. The molecule has 0 spiro atoms. The zero-order chi connectivity index (χ0) is 26.0. The maximum atomic E-state index is 15.2. The molecular formula is C26H8F10. The van der Waals surface area contributed by atoms with Crippen LogP contribution < -0.4 is 0 Å². The molecule has 0 bridgehead atoms. The summed E-state index contributed by atoms with van der Waals surface area (Å²) < 4.78 is 144. The van der Waals surface area contributed by atoms with Crippen LogP contribution in [-0.4, -0.2) is 0 Å². The third kappa shape index (κ3) is 3.39. The summed E-state index contributed by atoms with van der Waals surface area (Å²) in [6.45, 7) is 0. The summed E-state index contributed by atoms with van der Waals surface area (Å²) in [5.74, 6) is -16.6. The third-order valence-corrected chi connectivity index (χ3v) is 5.76. The first-order chi connectivity index (χ1) is 17.0. The van der Waals surface area contributed by atoms with Crippen LogP contribution in [0, 0.1) is 58.2 Å². The molecule has 5 aromatic carbocycles. The highest BCUT2D eigenvalue weighted by Gasteiger charge is 2.29. The number of fused-ring (bicyclic) bond motifs is 2. The van der Waals surface area contributed by atoms with E-state index in [9.17, 15) is 35.1 Å². The molecule has 182 valence electrons. The lowest BCUT2D eigenvalue weighted by atomic mass is 9.85. The average Bonchev–Trinajstić information content (AvgIpc) is 2.83. The topological polar surface area (TPSA) is 0 Å². The van der Waals surface area contributed by atoms with Gasteiger partial charge in [0.15, 0.2) is 40.7 Å². The second-order valence-electron chi connectivity index (χ2n) is 7.82. The first kappa shape index (κ1) is 23.7. The molecule has 0 N–H and O–H groups in total. The molecule has 5 rings (SSSR count). The minimum Gasteiger partial charge on any atom is -0.207 e. The van der Waals surface area contributed by atoms with Crippen LogP contribution >= 0.6 is 0 Å². The van der Waals surface area contributed by atoms with E-state index in [1.54, 1.807) is 0 Å². The summed E-state index contributed by atoms with van der Waals surface area (Å²) in [6, 6.07) is 4.30. The molecule has 0 aliphatic rings. The van der Waals surface area contributed by atoms with E-state index >= 15 is 8.78 Å². The van der Waals surface area contributed by atoms with Crippen LogP contribution in [0.4, 0.5) is 43.9 Å². The third-order valence-electron chi connectivity index (χ3n) is 5.76. The first-order valence-electron chi connectivity index (χ1n) is 10.0. The number of hydrogen-bond donors (Lipinski definition) is 0. The van der Waals surface area contributed by atoms with Gasteiger partial charge in [-0.3, -0.25) is 0 Å². The van der Waals surface area contributed by atoms with Gasteiger partial charge in [0.1, 0.15) is 17.5 Å². The van der Waals surface area contributed by atoms with Crippen LogP contribution in [0.1, 0.15) is 0 Å². The van der Waals surface area contributed by atoms with Crippen molar-refractivity contribution in [2.45, 2.75) is 0 Å². The molecule has 0 fully saturated rings. The van der Waals surface area contributed by atoms with Gasteiger partial charge in [-0.1, -0.05) is 6.07 Å². The molecule has 0 aliphatic carbocycles. The zero-order valence-electron chi connectivity index (χ0n) is 17.4. The minimum absolute atomic E-state index is 0.103. The standard InChI is InChI=1S/C26H8F10/c27-10-1-2-11-12(7-10)20(23-25(35)17(32)8-18(33)26(23)36)22-14(29)4-3-13(28)21(22)19(11)9-5-15(30)24(34)16(31)6-9/h1-8H. The van der Waals surface area contributed by atoms with Gasteiger partial charge in [-0.2, -0.15) is 0 Å². The molecule has 0 radical (unpaired) electrons. The van der Waals surface area contributed by atoms with E-state index in [0.717, 1.165) is 12.1 Å². The normalized spacial score (nSPS) is 11.6. The van der Waals surface area contributed by atoms with Crippen molar-refractivity contribution < 1.29 is 43.9 Å². The van der Waals surface area contributed by atoms with E-state index in [2.05, 4.69) is 0 Å². The Morgan fingerprint density at radius 3 is 1.42 bits per heavy atom. The fourth-order valence-corrected chi connectivity index (χ4v) is 4.30. The smallest absolute Gasteiger partial charge is 0.194 e. The Morgan fingerprint density at radius 1 is 0.361 bits per heavy atom. The van der Waals surface area contributed by atoms with Gasteiger partial charge in [-0.25, -0.2) is 43.9 Å². The zero-order valence-corrected chi connectivity index (χ0v) is 17.4. The Balaban J connectivity index is 2.13. The molecule has 0 saturated carbocycles. The van der Waals surface area contributed by atoms with Crippen LogP contribution in [0.2, 0.25) is 0 Å². The van der Waals surface area contributed by atoms with Crippen LogP contribution in [0.3, 0.4) is 0 Å². The highest BCUT2D eigenvalue weighted by molar-refractivity contribution is 6.21. The van der Waals surface area contributed by atoms with Gasteiger partial charge in [-0.05, 0) is 52.7 Å². The fraction of sp³-hybridized carbons (Fsp3) is 0. The molecule has 0 atom stereocenters. The largest absolute Gasteiger partial charge is 0.207 e. The molecule has 36 heavy (non-hydrogen) atoms. The predicted octanol–water partition coefficient (Wildman–Crippen LogP) is 8.72. The Morgan fingerprint density at radius 2 is 0.861 bits per heavy atom. The summed E-state index contributed by atoms with van der Waals surface area (Å²) in [7, 11) is 0. The molecule has 0 aliphatic heterocycles. The van der Waals surface area contributed by atoms with Gasteiger partial charge in [0.25, 0.3) is 0 Å². The maximum absolute atomic E-state index is 15.2. The van der Waals surface area contributed by atoms with Crippen LogP contribution in [-0.2, 0) is 0 Å². The van der Waals surface area contributed by atoms with Gasteiger partial charge in [0, 0.05) is 28.0 Å². The van der Waals surface area contributed by atoms with Gasteiger partial charge in [0.2, 0.25) is 0 Å². The Bertz CT molecular complexity index is 1690. The number of benzene rings is 5. The van der Waals surface area contributed by atoms with Crippen molar-refractivity contribution in [1.82, 2.24) is 0 Å². The monoisotopic (exact) mass is 510 g/mol.